The number of pyridine rings is 1. The number of rotatable bonds is 0. The van der Waals surface area contributed by atoms with Gasteiger partial charge in [0.1, 0.15) is 0 Å². The van der Waals surface area contributed by atoms with Gasteiger partial charge in [0.2, 0.25) is 0 Å². The Balaban J connectivity index is 2.88. The molecule has 49 valence electrons. The fourth-order valence-corrected chi connectivity index (χ4v) is 1.35. The van der Waals surface area contributed by atoms with E-state index in [-0.39, 0.29) is 0 Å². The van der Waals surface area contributed by atoms with Crippen LogP contribution in [0.15, 0.2) is 30.6 Å². The van der Waals surface area contributed by atoms with E-state index >= 15 is 0 Å². The molecule has 0 aliphatic heterocycles. The van der Waals surface area contributed by atoms with E-state index in [0.29, 0.717) is 0 Å². The van der Waals surface area contributed by atoms with Crippen molar-refractivity contribution in [2.45, 2.75) is 0 Å². The van der Waals surface area contributed by atoms with Gasteiger partial charge in [-0.2, -0.15) is 0 Å². The van der Waals surface area contributed by atoms with Crippen LogP contribution in [-0.4, -0.2) is 25.4 Å². The van der Waals surface area contributed by atoms with Crippen molar-refractivity contribution in [2.75, 3.05) is 0 Å². The van der Waals surface area contributed by atoms with Crippen molar-refractivity contribution in [2.24, 2.45) is 0 Å². The summed E-state index contributed by atoms with van der Waals surface area (Å²) in [6.45, 7) is 0. The second kappa shape index (κ2) is 2.11. The van der Waals surface area contributed by atoms with Crippen molar-refractivity contribution < 1.29 is 0 Å². The van der Waals surface area contributed by atoms with Crippen molar-refractivity contribution in [1.29, 1.82) is 0 Å². The first kappa shape index (κ1) is 5.95. The molecule has 2 aromatic heterocycles. The quantitative estimate of drug-likeness (QED) is 0.547. The number of aromatic nitrogens is 2. The van der Waals surface area contributed by atoms with Crippen LogP contribution in [0.5, 0.6) is 0 Å². The van der Waals surface area contributed by atoms with Crippen LogP contribution in [-0.2, 0) is 0 Å². The molecule has 2 nitrogen and oxygen atoms in total. The third-order valence-electron chi connectivity index (χ3n) is 1.34. The Labute approximate surface area is 66.7 Å². The monoisotopic (exact) mass is 197 g/mol. The molecular weight excluding hydrogens is 191 g/mol. The molecule has 2 heterocycles. The SMILES string of the molecule is [Se]c1cn2ccccc2n1. The normalized spacial score (nSPS) is 10.4. The molecule has 0 aliphatic rings. The van der Waals surface area contributed by atoms with Crippen LogP contribution in [0, 0.1) is 0 Å². The van der Waals surface area contributed by atoms with E-state index in [1.807, 2.05) is 35.0 Å². The molecule has 10 heavy (non-hydrogen) atoms. The standard InChI is InChI=1S/C7H5N2Se/c10-7-5-9-4-2-1-3-6(9)8-7/h1-5H. The van der Waals surface area contributed by atoms with Gasteiger partial charge in [-0.25, -0.2) is 0 Å². The van der Waals surface area contributed by atoms with E-state index in [1.54, 1.807) is 0 Å². The maximum absolute atomic E-state index is 4.22. The fraction of sp³-hybridized carbons (Fsp3) is 0. The zero-order valence-corrected chi connectivity index (χ0v) is 6.90. The summed E-state index contributed by atoms with van der Waals surface area (Å²) >= 11 is 2.86. The summed E-state index contributed by atoms with van der Waals surface area (Å²) < 4.78 is 2.91. The van der Waals surface area contributed by atoms with E-state index in [0.717, 1.165) is 10.2 Å². The van der Waals surface area contributed by atoms with Gasteiger partial charge in [0.05, 0.1) is 0 Å². The first-order valence-electron chi connectivity index (χ1n) is 2.97. The second-order valence-electron chi connectivity index (χ2n) is 2.05. The van der Waals surface area contributed by atoms with E-state index in [2.05, 4.69) is 21.0 Å². The van der Waals surface area contributed by atoms with E-state index < -0.39 is 0 Å². The summed E-state index contributed by atoms with van der Waals surface area (Å²) in [6, 6.07) is 5.93. The van der Waals surface area contributed by atoms with Crippen molar-refractivity contribution in [1.82, 2.24) is 9.38 Å². The topological polar surface area (TPSA) is 17.3 Å². The van der Waals surface area contributed by atoms with Crippen LogP contribution < -0.4 is 4.59 Å². The van der Waals surface area contributed by atoms with E-state index in [4.69, 9.17) is 0 Å². The Hall–Kier alpha value is -0.791. The third kappa shape index (κ3) is 0.838. The molecule has 0 amide bonds. The molecule has 0 spiro atoms. The number of nitrogens with zero attached hydrogens (tertiary/aromatic N) is 2. The van der Waals surface area contributed by atoms with Crippen molar-refractivity contribution in [3.05, 3.63) is 30.6 Å². The molecule has 1 radical (unpaired) electrons. The first-order valence-corrected chi connectivity index (χ1v) is 3.83. The molecule has 0 saturated heterocycles. The maximum atomic E-state index is 4.22. The Morgan fingerprint density at radius 2 is 2.30 bits per heavy atom. The summed E-state index contributed by atoms with van der Waals surface area (Å²) in [5.74, 6) is 0. The molecule has 2 aromatic rings. The number of hydrogen-bond donors (Lipinski definition) is 0. The van der Waals surface area contributed by atoms with Gasteiger partial charge in [-0.15, -0.1) is 0 Å². The van der Waals surface area contributed by atoms with Gasteiger partial charge in [0.25, 0.3) is 0 Å². The average Bonchev–Trinajstić information content (AvgIpc) is 2.27. The summed E-state index contributed by atoms with van der Waals surface area (Å²) in [5, 5.41) is 0. The fourth-order valence-electron chi connectivity index (χ4n) is 0.911. The van der Waals surface area contributed by atoms with Gasteiger partial charge in [-0.1, -0.05) is 0 Å². The van der Waals surface area contributed by atoms with Crippen LogP contribution in [0.25, 0.3) is 5.65 Å². The van der Waals surface area contributed by atoms with Gasteiger partial charge in [-0.3, -0.25) is 0 Å². The zero-order chi connectivity index (χ0) is 6.97. The van der Waals surface area contributed by atoms with E-state index in [1.165, 1.54) is 0 Å². The van der Waals surface area contributed by atoms with Crippen LogP contribution in [0.3, 0.4) is 0 Å². The predicted octanol–water partition coefficient (Wildman–Crippen LogP) is 0.128. The molecule has 3 heteroatoms. The molecule has 0 aliphatic carbocycles. The van der Waals surface area contributed by atoms with Gasteiger partial charge >= 0.3 is 66.2 Å². The number of fused-ring (bicyclic) bond motifs is 1. The summed E-state index contributed by atoms with van der Waals surface area (Å²) in [7, 11) is 0. The number of hydrogen-bond acceptors (Lipinski definition) is 1. The Morgan fingerprint density at radius 1 is 1.40 bits per heavy atom. The Kier molecular flexibility index (Phi) is 1.26. The molecule has 0 unspecified atom stereocenters. The molecule has 0 N–H and O–H groups in total. The molecular formula is C7H5N2Se. The Bertz CT molecular complexity index is 320. The van der Waals surface area contributed by atoms with Gasteiger partial charge in [-0.05, 0) is 0 Å². The molecule has 0 aromatic carbocycles. The van der Waals surface area contributed by atoms with E-state index in [9.17, 15) is 0 Å². The Morgan fingerprint density at radius 3 is 3.10 bits per heavy atom. The van der Waals surface area contributed by atoms with Crippen LogP contribution in [0.2, 0.25) is 0 Å². The van der Waals surface area contributed by atoms with Crippen LogP contribution >= 0.6 is 0 Å². The minimum atomic E-state index is 0.936. The van der Waals surface area contributed by atoms with Crippen molar-refractivity contribution >= 4 is 26.3 Å². The van der Waals surface area contributed by atoms with Crippen molar-refractivity contribution in [3.8, 4) is 0 Å². The van der Waals surface area contributed by atoms with Crippen LogP contribution in [0.4, 0.5) is 0 Å². The number of imidazole rings is 1. The zero-order valence-electron chi connectivity index (χ0n) is 5.19. The molecule has 0 saturated carbocycles. The summed E-state index contributed by atoms with van der Waals surface area (Å²) in [5.41, 5.74) is 0.983. The molecule has 0 fully saturated rings. The van der Waals surface area contributed by atoms with Crippen LogP contribution in [0.1, 0.15) is 0 Å². The molecule has 0 bridgehead atoms. The van der Waals surface area contributed by atoms with Gasteiger partial charge in [0.15, 0.2) is 0 Å². The second-order valence-corrected chi connectivity index (χ2v) is 2.92. The summed E-state index contributed by atoms with van der Waals surface area (Å²) in [6.07, 6.45) is 3.93. The summed E-state index contributed by atoms with van der Waals surface area (Å²) in [4.78, 5) is 4.22. The third-order valence-corrected chi connectivity index (χ3v) is 1.75. The molecule has 2 rings (SSSR count). The van der Waals surface area contributed by atoms with Gasteiger partial charge in [0, 0.05) is 0 Å². The van der Waals surface area contributed by atoms with Crippen molar-refractivity contribution in [3.63, 3.8) is 0 Å². The first-order chi connectivity index (χ1) is 4.86. The molecule has 0 atom stereocenters. The van der Waals surface area contributed by atoms with Gasteiger partial charge < -0.3 is 0 Å². The average molecular weight is 196 g/mol. The predicted molar refractivity (Wildman–Crippen MR) is 40.6 cm³/mol. The minimum absolute atomic E-state index is 0.936.